The first-order valence-corrected chi connectivity index (χ1v) is 8.64. The third-order valence-electron chi connectivity index (χ3n) is 4.61. The standard InChI is InChI=1S/C18H21N5O2/c24-18(25-14-5-7-19-8-6-14)23-12-11-22(17-13-20-9-10-21-17)15-3-1-2-4-16(15)23/h1-4,9-10,13-14,19H,5-8,11-12H2. The minimum absolute atomic E-state index is 0.000989. The van der Waals surface area contributed by atoms with Crippen molar-refractivity contribution in [1.82, 2.24) is 15.3 Å². The maximum Gasteiger partial charge on any atom is 0.414 e. The molecule has 1 fully saturated rings. The fraction of sp³-hybridized carbons (Fsp3) is 0.389. The molecule has 2 aliphatic rings. The summed E-state index contributed by atoms with van der Waals surface area (Å²) in [5.74, 6) is 0.779. The SMILES string of the molecule is O=C(OC1CCNCC1)N1CCN(c2cnccn2)c2ccccc21. The molecule has 3 heterocycles. The second-order valence-electron chi connectivity index (χ2n) is 6.19. The Labute approximate surface area is 146 Å². The minimum atomic E-state index is -0.266. The van der Waals surface area contributed by atoms with Gasteiger partial charge in [-0.25, -0.2) is 9.78 Å². The Balaban J connectivity index is 1.57. The molecule has 7 heteroatoms. The molecule has 0 unspecified atom stereocenters. The zero-order chi connectivity index (χ0) is 17.1. The fourth-order valence-corrected chi connectivity index (χ4v) is 3.34. The molecule has 1 saturated heterocycles. The lowest BCUT2D eigenvalue weighted by Crippen LogP contribution is -2.45. The third-order valence-corrected chi connectivity index (χ3v) is 4.61. The van der Waals surface area contributed by atoms with Crippen molar-refractivity contribution in [1.29, 1.82) is 0 Å². The smallest absolute Gasteiger partial charge is 0.414 e. The van der Waals surface area contributed by atoms with Crippen LogP contribution in [0.25, 0.3) is 0 Å². The van der Waals surface area contributed by atoms with Gasteiger partial charge in [-0.05, 0) is 38.1 Å². The first kappa shape index (κ1) is 15.8. The van der Waals surface area contributed by atoms with E-state index < -0.39 is 0 Å². The maximum absolute atomic E-state index is 12.7. The Kier molecular flexibility index (Phi) is 4.47. The molecule has 1 N–H and O–H groups in total. The number of nitrogens with zero attached hydrogens (tertiary/aromatic N) is 4. The lowest BCUT2D eigenvalue weighted by Gasteiger charge is -2.37. The Bertz CT molecular complexity index is 733. The Morgan fingerprint density at radius 1 is 1.12 bits per heavy atom. The van der Waals surface area contributed by atoms with Gasteiger partial charge in [0.1, 0.15) is 6.10 Å². The Morgan fingerprint density at radius 2 is 1.92 bits per heavy atom. The van der Waals surface area contributed by atoms with Crippen molar-refractivity contribution in [2.75, 3.05) is 36.0 Å². The quantitative estimate of drug-likeness (QED) is 0.905. The molecular formula is C18H21N5O2. The summed E-state index contributed by atoms with van der Waals surface area (Å²) in [4.78, 5) is 25.1. The monoisotopic (exact) mass is 339 g/mol. The second-order valence-corrected chi connectivity index (χ2v) is 6.19. The Hall–Kier alpha value is -2.67. The summed E-state index contributed by atoms with van der Waals surface area (Å²) < 4.78 is 5.73. The van der Waals surface area contributed by atoms with Gasteiger partial charge in [-0.15, -0.1) is 0 Å². The van der Waals surface area contributed by atoms with Gasteiger partial charge in [0.15, 0.2) is 5.82 Å². The van der Waals surface area contributed by atoms with Crippen LogP contribution in [0.4, 0.5) is 22.0 Å². The predicted octanol–water partition coefficient (Wildman–Crippen LogP) is 2.32. The van der Waals surface area contributed by atoms with Crippen molar-refractivity contribution in [2.45, 2.75) is 18.9 Å². The molecule has 4 rings (SSSR count). The maximum atomic E-state index is 12.7. The summed E-state index contributed by atoms with van der Waals surface area (Å²) in [6.45, 7) is 3.00. The van der Waals surface area contributed by atoms with Crippen LogP contribution >= 0.6 is 0 Å². The van der Waals surface area contributed by atoms with Crippen LogP contribution in [0.3, 0.4) is 0 Å². The van der Waals surface area contributed by atoms with Crippen LogP contribution in [0, 0.1) is 0 Å². The number of hydrogen-bond donors (Lipinski definition) is 1. The van der Waals surface area contributed by atoms with E-state index in [1.165, 1.54) is 0 Å². The molecule has 0 saturated carbocycles. The zero-order valence-corrected chi connectivity index (χ0v) is 14.0. The number of amides is 1. The highest BCUT2D eigenvalue weighted by molar-refractivity contribution is 5.94. The highest BCUT2D eigenvalue weighted by Gasteiger charge is 2.30. The highest BCUT2D eigenvalue weighted by atomic mass is 16.6. The molecule has 1 aromatic carbocycles. The number of nitrogens with one attached hydrogen (secondary N) is 1. The van der Waals surface area contributed by atoms with E-state index in [1.54, 1.807) is 23.5 Å². The molecule has 0 atom stereocenters. The van der Waals surface area contributed by atoms with Gasteiger partial charge in [0.2, 0.25) is 0 Å². The van der Waals surface area contributed by atoms with Crippen molar-refractivity contribution < 1.29 is 9.53 Å². The Morgan fingerprint density at radius 3 is 2.68 bits per heavy atom. The van der Waals surface area contributed by atoms with Gasteiger partial charge in [-0.2, -0.15) is 0 Å². The summed E-state index contributed by atoms with van der Waals surface area (Å²) in [6, 6.07) is 7.84. The van der Waals surface area contributed by atoms with E-state index in [2.05, 4.69) is 20.2 Å². The molecule has 0 aliphatic carbocycles. The molecule has 25 heavy (non-hydrogen) atoms. The van der Waals surface area contributed by atoms with Crippen LogP contribution in [0.5, 0.6) is 0 Å². The van der Waals surface area contributed by atoms with Crippen molar-refractivity contribution in [2.24, 2.45) is 0 Å². The van der Waals surface area contributed by atoms with Gasteiger partial charge < -0.3 is 15.0 Å². The predicted molar refractivity (Wildman–Crippen MR) is 95.2 cm³/mol. The zero-order valence-electron chi connectivity index (χ0n) is 14.0. The summed E-state index contributed by atoms with van der Waals surface area (Å²) in [5, 5.41) is 3.28. The van der Waals surface area contributed by atoms with E-state index in [4.69, 9.17) is 4.74 Å². The molecule has 0 bridgehead atoms. The number of carbonyl (C=O) groups is 1. The van der Waals surface area contributed by atoms with Crippen molar-refractivity contribution >= 4 is 23.3 Å². The number of ether oxygens (including phenoxy) is 1. The summed E-state index contributed by atoms with van der Waals surface area (Å²) in [6.07, 6.45) is 6.54. The number of benzene rings is 1. The lowest BCUT2D eigenvalue weighted by molar-refractivity contribution is 0.0850. The molecular weight excluding hydrogens is 318 g/mol. The second kappa shape index (κ2) is 7.06. The first-order valence-electron chi connectivity index (χ1n) is 8.64. The van der Waals surface area contributed by atoms with Gasteiger partial charge >= 0.3 is 6.09 Å². The van der Waals surface area contributed by atoms with E-state index in [-0.39, 0.29) is 12.2 Å². The van der Waals surface area contributed by atoms with Gasteiger partial charge in [-0.3, -0.25) is 9.88 Å². The van der Waals surface area contributed by atoms with E-state index >= 15 is 0 Å². The van der Waals surface area contributed by atoms with Crippen LogP contribution in [0.15, 0.2) is 42.9 Å². The number of para-hydroxylation sites is 2. The highest BCUT2D eigenvalue weighted by Crippen LogP contribution is 2.36. The minimum Gasteiger partial charge on any atom is -0.446 e. The summed E-state index contributed by atoms with van der Waals surface area (Å²) in [5.41, 5.74) is 1.79. The molecule has 1 aromatic heterocycles. The fourth-order valence-electron chi connectivity index (χ4n) is 3.34. The van der Waals surface area contributed by atoms with Crippen LogP contribution in [0.2, 0.25) is 0 Å². The van der Waals surface area contributed by atoms with Crippen LogP contribution < -0.4 is 15.1 Å². The molecule has 2 aliphatic heterocycles. The normalized spacial score (nSPS) is 17.9. The largest absolute Gasteiger partial charge is 0.446 e. The molecule has 7 nitrogen and oxygen atoms in total. The average molecular weight is 339 g/mol. The van der Waals surface area contributed by atoms with Gasteiger partial charge in [0.05, 0.1) is 17.6 Å². The number of aromatic nitrogens is 2. The van der Waals surface area contributed by atoms with Gasteiger partial charge in [-0.1, -0.05) is 12.1 Å². The van der Waals surface area contributed by atoms with Crippen molar-refractivity contribution in [3.63, 3.8) is 0 Å². The topological polar surface area (TPSA) is 70.6 Å². The molecule has 0 radical (unpaired) electrons. The van der Waals surface area contributed by atoms with Crippen molar-refractivity contribution in [3.05, 3.63) is 42.9 Å². The first-order chi connectivity index (χ1) is 12.3. The molecule has 2 aromatic rings. The molecule has 0 spiro atoms. The van der Waals surface area contributed by atoms with E-state index in [0.29, 0.717) is 13.1 Å². The van der Waals surface area contributed by atoms with E-state index in [9.17, 15) is 4.79 Å². The van der Waals surface area contributed by atoms with Crippen LogP contribution in [-0.4, -0.2) is 48.3 Å². The average Bonchev–Trinajstić information content (AvgIpc) is 2.68. The van der Waals surface area contributed by atoms with E-state index in [1.807, 2.05) is 24.3 Å². The number of hydrogen-bond acceptors (Lipinski definition) is 6. The molecule has 130 valence electrons. The van der Waals surface area contributed by atoms with Gasteiger partial charge in [0, 0.05) is 25.5 Å². The van der Waals surface area contributed by atoms with Gasteiger partial charge in [0.25, 0.3) is 0 Å². The number of piperidine rings is 1. The third kappa shape index (κ3) is 3.28. The number of carbonyl (C=O) groups excluding carboxylic acids is 1. The summed E-state index contributed by atoms with van der Waals surface area (Å²) >= 11 is 0. The number of rotatable bonds is 2. The van der Waals surface area contributed by atoms with Crippen molar-refractivity contribution in [3.8, 4) is 0 Å². The molecule has 1 amide bonds. The lowest BCUT2D eigenvalue weighted by atomic mass is 10.1. The van der Waals surface area contributed by atoms with E-state index in [0.717, 1.165) is 43.1 Å². The summed E-state index contributed by atoms with van der Waals surface area (Å²) in [7, 11) is 0. The number of anilines is 3. The number of fused-ring (bicyclic) bond motifs is 1. The van der Waals surface area contributed by atoms with Crippen LogP contribution in [-0.2, 0) is 4.74 Å². The van der Waals surface area contributed by atoms with Crippen LogP contribution in [0.1, 0.15) is 12.8 Å².